The Bertz CT molecular complexity index is 296. The molecule has 1 heterocycles. The lowest BCUT2D eigenvalue weighted by molar-refractivity contribution is -0.131. The fraction of sp³-hybridized carbons (Fsp3) is 0.800. The zero-order valence-electron chi connectivity index (χ0n) is 9.76. The smallest absolute Gasteiger partial charge is 0.324 e. The molecule has 3 amide bonds. The molecule has 0 saturated carbocycles. The van der Waals surface area contributed by atoms with Gasteiger partial charge in [0.25, 0.3) is 5.91 Å². The standard InChI is InChI=1S/C10H19N3O2/c1-5-10(4)7(14)13(8(15)12-10)6-9(2,3)11/h5-6,11H2,1-4H3,(H,12,15). The number of nitrogens with two attached hydrogens (primary N) is 1. The third-order valence-electron chi connectivity index (χ3n) is 2.62. The molecule has 1 aliphatic rings. The highest BCUT2D eigenvalue weighted by atomic mass is 16.2. The number of nitrogens with one attached hydrogen (secondary N) is 1. The summed E-state index contributed by atoms with van der Waals surface area (Å²) in [5.41, 5.74) is 4.47. The van der Waals surface area contributed by atoms with Crippen molar-refractivity contribution < 1.29 is 9.59 Å². The maximum atomic E-state index is 11.9. The molecule has 0 spiro atoms. The molecule has 1 fully saturated rings. The van der Waals surface area contributed by atoms with Crippen LogP contribution in [-0.2, 0) is 4.79 Å². The average molecular weight is 213 g/mol. The van der Waals surface area contributed by atoms with E-state index >= 15 is 0 Å². The number of imide groups is 1. The first-order valence-electron chi connectivity index (χ1n) is 5.12. The summed E-state index contributed by atoms with van der Waals surface area (Å²) >= 11 is 0. The molecule has 5 nitrogen and oxygen atoms in total. The van der Waals surface area contributed by atoms with Crippen LogP contribution in [0.25, 0.3) is 0 Å². The van der Waals surface area contributed by atoms with Crippen molar-refractivity contribution in [2.24, 2.45) is 5.73 Å². The Kier molecular flexibility index (Phi) is 2.78. The Balaban J connectivity index is 2.85. The summed E-state index contributed by atoms with van der Waals surface area (Å²) in [5.74, 6) is -0.187. The molecule has 5 heteroatoms. The first kappa shape index (κ1) is 12.0. The molecule has 0 bridgehead atoms. The van der Waals surface area contributed by atoms with Gasteiger partial charge in [0.1, 0.15) is 5.54 Å². The second-order valence-corrected chi connectivity index (χ2v) is 5.00. The van der Waals surface area contributed by atoms with Crippen molar-refractivity contribution in [3.05, 3.63) is 0 Å². The van der Waals surface area contributed by atoms with Gasteiger partial charge in [-0.05, 0) is 27.2 Å². The average Bonchev–Trinajstić information content (AvgIpc) is 2.28. The van der Waals surface area contributed by atoms with E-state index in [2.05, 4.69) is 5.32 Å². The van der Waals surface area contributed by atoms with Crippen LogP contribution in [0, 0.1) is 0 Å². The topological polar surface area (TPSA) is 75.4 Å². The second kappa shape index (κ2) is 3.48. The molecule has 0 aromatic heterocycles. The number of nitrogens with zero attached hydrogens (tertiary/aromatic N) is 1. The zero-order valence-corrected chi connectivity index (χ0v) is 9.76. The molecule has 86 valence electrons. The number of hydrogen-bond acceptors (Lipinski definition) is 3. The van der Waals surface area contributed by atoms with E-state index in [1.165, 1.54) is 4.90 Å². The van der Waals surface area contributed by atoms with E-state index in [0.29, 0.717) is 6.42 Å². The van der Waals surface area contributed by atoms with Crippen molar-refractivity contribution in [2.45, 2.75) is 45.2 Å². The quantitative estimate of drug-likeness (QED) is 0.668. The molecule has 15 heavy (non-hydrogen) atoms. The van der Waals surface area contributed by atoms with Gasteiger partial charge in [-0.15, -0.1) is 0 Å². The van der Waals surface area contributed by atoms with Gasteiger partial charge in [-0.3, -0.25) is 9.69 Å². The van der Waals surface area contributed by atoms with Crippen molar-refractivity contribution in [2.75, 3.05) is 6.54 Å². The minimum Gasteiger partial charge on any atom is -0.324 e. The predicted octanol–water partition coefficient (Wildman–Crippen LogP) is 0.444. The summed E-state index contributed by atoms with van der Waals surface area (Å²) < 4.78 is 0. The Hall–Kier alpha value is -1.10. The lowest BCUT2D eigenvalue weighted by Gasteiger charge is -2.25. The molecule has 1 rings (SSSR count). The first-order valence-corrected chi connectivity index (χ1v) is 5.12. The normalized spacial score (nSPS) is 27.1. The van der Waals surface area contributed by atoms with Crippen molar-refractivity contribution in [3.8, 4) is 0 Å². The largest absolute Gasteiger partial charge is 0.325 e. The molecule has 1 aliphatic heterocycles. The summed E-state index contributed by atoms with van der Waals surface area (Å²) in [4.78, 5) is 24.7. The summed E-state index contributed by atoms with van der Waals surface area (Å²) in [7, 11) is 0. The van der Waals surface area contributed by atoms with E-state index in [4.69, 9.17) is 5.73 Å². The number of carbonyl (C=O) groups excluding carboxylic acids is 2. The first-order chi connectivity index (χ1) is 6.69. The number of carbonyl (C=O) groups is 2. The lowest BCUT2D eigenvalue weighted by atomic mass is 9.98. The number of hydrogen-bond donors (Lipinski definition) is 2. The SMILES string of the molecule is CCC1(C)NC(=O)N(CC(C)(C)N)C1=O. The molecule has 0 radical (unpaired) electrons. The van der Waals surface area contributed by atoms with Crippen LogP contribution < -0.4 is 11.1 Å². The molecule has 3 N–H and O–H groups in total. The van der Waals surface area contributed by atoms with Crippen LogP contribution in [0.1, 0.15) is 34.1 Å². The monoisotopic (exact) mass is 213 g/mol. The second-order valence-electron chi connectivity index (χ2n) is 5.00. The van der Waals surface area contributed by atoms with Gasteiger partial charge in [0, 0.05) is 12.1 Å². The zero-order chi connectivity index (χ0) is 11.9. The van der Waals surface area contributed by atoms with Gasteiger partial charge < -0.3 is 11.1 Å². The Morgan fingerprint density at radius 1 is 1.47 bits per heavy atom. The number of amides is 3. The molecule has 1 atom stereocenters. The summed E-state index contributed by atoms with van der Waals surface area (Å²) in [6.45, 7) is 7.42. The van der Waals surface area contributed by atoms with E-state index in [1.54, 1.807) is 20.8 Å². The fourth-order valence-electron chi connectivity index (χ4n) is 1.54. The number of urea groups is 1. The van der Waals surface area contributed by atoms with Crippen molar-refractivity contribution >= 4 is 11.9 Å². The highest BCUT2D eigenvalue weighted by Crippen LogP contribution is 2.21. The summed E-state index contributed by atoms with van der Waals surface area (Å²) in [6.07, 6.45) is 0.582. The van der Waals surface area contributed by atoms with Crippen LogP contribution in [0.5, 0.6) is 0 Å². The van der Waals surface area contributed by atoms with Crippen molar-refractivity contribution in [3.63, 3.8) is 0 Å². The fourth-order valence-corrected chi connectivity index (χ4v) is 1.54. The van der Waals surface area contributed by atoms with E-state index < -0.39 is 11.1 Å². The highest BCUT2D eigenvalue weighted by molar-refractivity contribution is 6.06. The van der Waals surface area contributed by atoms with Crippen LogP contribution in [0.2, 0.25) is 0 Å². The van der Waals surface area contributed by atoms with Gasteiger partial charge in [0.2, 0.25) is 0 Å². The van der Waals surface area contributed by atoms with Crippen LogP contribution in [-0.4, -0.2) is 34.5 Å². The molecule has 1 saturated heterocycles. The maximum absolute atomic E-state index is 11.9. The summed E-state index contributed by atoms with van der Waals surface area (Å²) in [6, 6.07) is -0.345. The molecular formula is C10H19N3O2. The van der Waals surface area contributed by atoms with Gasteiger partial charge in [0.05, 0.1) is 0 Å². The van der Waals surface area contributed by atoms with Gasteiger partial charge in [-0.2, -0.15) is 0 Å². The molecule has 0 aromatic rings. The summed E-state index contributed by atoms with van der Waals surface area (Å²) in [5, 5.41) is 2.68. The maximum Gasteiger partial charge on any atom is 0.325 e. The van der Waals surface area contributed by atoms with Crippen LogP contribution in [0.3, 0.4) is 0 Å². The minimum atomic E-state index is -0.762. The Morgan fingerprint density at radius 2 is 2.00 bits per heavy atom. The van der Waals surface area contributed by atoms with Crippen molar-refractivity contribution in [1.29, 1.82) is 0 Å². The lowest BCUT2D eigenvalue weighted by Crippen LogP contribution is -2.49. The van der Waals surface area contributed by atoms with Gasteiger partial charge in [-0.1, -0.05) is 6.92 Å². The highest BCUT2D eigenvalue weighted by Gasteiger charge is 2.47. The molecule has 0 aromatic carbocycles. The Morgan fingerprint density at radius 3 is 2.33 bits per heavy atom. The number of rotatable bonds is 3. The van der Waals surface area contributed by atoms with E-state index in [-0.39, 0.29) is 18.5 Å². The van der Waals surface area contributed by atoms with Crippen molar-refractivity contribution in [1.82, 2.24) is 10.2 Å². The van der Waals surface area contributed by atoms with E-state index in [9.17, 15) is 9.59 Å². The van der Waals surface area contributed by atoms with Crippen LogP contribution >= 0.6 is 0 Å². The molecular weight excluding hydrogens is 194 g/mol. The van der Waals surface area contributed by atoms with Crippen LogP contribution in [0.15, 0.2) is 0 Å². The third-order valence-corrected chi connectivity index (χ3v) is 2.62. The van der Waals surface area contributed by atoms with E-state index in [1.807, 2.05) is 6.92 Å². The van der Waals surface area contributed by atoms with Gasteiger partial charge in [0.15, 0.2) is 0 Å². The predicted molar refractivity (Wildman–Crippen MR) is 57.2 cm³/mol. The van der Waals surface area contributed by atoms with E-state index in [0.717, 1.165) is 0 Å². The molecule has 0 aliphatic carbocycles. The minimum absolute atomic E-state index is 0.187. The Labute approximate surface area is 90.0 Å². The van der Waals surface area contributed by atoms with Gasteiger partial charge in [-0.25, -0.2) is 4.79 Å². The van der Waals surface area contributed by atoms with Crippen LogP contribution in [0.4, 0.5) is 4.79 Å². The molecule has 1 unspecified atom stereocenters. The van der Waals surface area contributed by atoms with Gasteiger partial charge >= 0.3 is 6.03 Å². The third kappa shape index (κ3) is 2.28.